The van der Waals surface area contributed by atoms with E-state index in [1.165, 1.54) is 24.5 Å². The highest BCUT2D eigenvalue weighted by molar-refractivity contribution is 6.09. The van der Waals surface area contributed by atoms with Crippen LogP contribution in [0.25, 0.3) is 5.70 Å². The van der Waals surface area contributed by atoms with E-state index in [1.54, 1.807) is 12.1 Å². The van der Waals surface area contributed by atoms with Crippen LogP contribution in [0.5, 0.6) is 0 Å². The molecule has 2 aromatic rings. The largest absolute Gasteiger partial charge is 0.353 e. The summed E-state index contributed by atoms with van der Waals surface area (Å²) < 4.78 is 0. The molecule has 0 saturated heterocycles. The lowest BCUT2D eigenvalue weighted by Crippen LogP contribution is -2.07. The monoisotopic (exact) mass is 301 g/mol. The number of anilines is 2. The number of benzene rings is 2. The summed E-state index contributed by atoms with van der Waals surface area (Å²) in [6.45, 7) is 0. The summed E-state index contributed by atoms with van der Waals surface area (Å²) in [7, 11) is 0. The molecule has 0 bridgehead atoms. The lowest BCUT2D eigenvalue weighted by Gasteiger charge is -2.13. The normalized spacial score (nSPS) is 16.3. The number of carbonyl (C=O) groups excluding carboxylic acids is 1. The van der Waals surface area contributed by atoms with Crippen LogP contribution in [-0.4, -0.2) is 5.91 Å². The van der Waals surface area contributed by atoms with Crippen molar-refractivity contribution < 1.29 is 4.79 Å². The molecular formula is C19H15N3O. The lowest BCUT2D eigenvalue weighted by molar-refractivity contribution is -0.111. The molecule has 2 aromatic carbocycles. The van der Waals surface area contributed by atoms with Crippen molar-refractivity contribution in [2.24, 2.45) is 0 Å². The molecule has 1 aliphatic carbocycles. The summed E-state index contributed by atoms with van der Waals surface area (Å²) in [6, 6.07) is 15.5. The van der Waals surface area contributed by atoms with Gasteiger partial charge in [0.1, 0.15) is 0 Å². The Kier molecular flexibility index (Phi) is 3.13. The van der Waals surface area contributed by atoms with Crippen LogP contribution >= 0.6 is 0 Å². The van der Waals surface area contributed by atoms with Crippen molar-refractivity contribution in [2.75, 3.05) is 10.6 Å². The number of nitriles is 1. The third kappa shape index (κ3) is 2.69. The summed E-state index contributed by atoms with van der Waals surface area (Å²) in [4.78, 5) is 12.2. The van der Waals surface area contributed by atoms with Gasteiger partial charge in [0.05, 0.1) is 28.7 Å². The summed E-state index contributed by atoms with van der Waals surface area (Å²) >= 11 is 0. The van der Waals surface area contributed by atoms with E-state index in [2.05, 4.69) is 28.8 Å². The molecule has 1 heterocycles. The Morgan fingerprint density at radius 1 is 1.04 bits per heavy atom. The number of fused-ring (bicyclic) bond motifs is 1. The van der Waals surface area contributed by atoms with Crippen LogP contribution in [0.2, 0.25) is 0 Å². The summed E-state index contributed by atoms with van der Waals surface area (Å²) in [6.07, 6.45) is 3.99. The fourth-order valence-corrected chi connectivity index (χ4v) is 2.84. The molecule has 1 saturated carbocycles. The Bertz CT molecular complexity index is 872. The van der Waals surface area contributed by atoms with Gasteiger partial charge in [0, 0.05) is 6.08 Å². The van der Waals surface area contributed by atoms with Gasteiger partial charge in [-0.15, -0.1) is 0 Å². The first kappa shape index (κ1) is 13.6. The third-order valence-corrected chi connectivity index (χ3v) is 4.20. The molecular weight excluding hydrogens is 286 g/mol. The maximum atomic E-state index is 12.2. The molecule has 4 heteroatoms. The van der Waals surface area contributed by atoms with Crippen molar-refractivity contribution in [2.45, 2.75) is 18.8 Å². The van der Waals surface area contributed by atoms with Crippen LogP contribution in [0.3, 0.4) is 0 Å². The first-order chi connectivity index (χ1) is 11.2. The van der Waals surface area contributed by atoms with E-state index in [0.717, 1.165) is 16.9 Å². The van der Waals surface area contributed by atoms with Crippen LogP contribution in [0.1, 0.15) is 35.4 Å². The van der Waals surface area contributed by atoms with Gasteiger partial charge in [-0.3, -0.25) is 4.79 Å². The fourth-order valence-electron chi connectivity index (χ4n) is 2.84. The lowest BCUT2D eigenvalue weighted by atomic mass is 10.1. The maximum absolute atomic E-state index is 12.2. The van der Waals surface area contributed by atoms with Crippen LogP contribution in [0.15, 0.2) is 48.5 Å². The molecule has 1 amide bonds. The molecule has 4 rings (SSSR count). The Morgan fingerprint density at radius 2 is 1.91 bits per heavy atom. The molecule has 1 aliphatic heterocycles. The van der Waals surface area contributed by atoms with Crippen molar-refractivity contribution in [3.8, 4) is 6.07 Å². The average molecular weight is 301 g/mol. The Balaban J connectivity index is 1.72. The van der Waals surface area contributed by atoms with Crippen LogP contribution in [-0.2, 0) is 4.79 Å². The van der Waals surface area contributed by atoms with Gasteiger partial charge in [0.2, 0.25) is 0 Å². The minimum Gasteiger partial charge on any atom is -0.353 e. The highest BCUT2D eigenvalue weighted by Crippen LogP contribution is 2.42. The molecule has 0 atom stereocenters. The van der Waals surface area contributed by atoms with E-state index < -0.39 is 0 Å². The van der Waals surface area contributed by atoms with Gasteiger partial charge in [-0.2, -0.15) is 5.26 Å². The zero-order valence-corrected chi connectivity index (χ0v) is 12.5. The minimum atomic E-state index is -0.165. The van der Waals surface area contributed by atoms with E-state index in [1.807, 2.05) is 18.2 Å². The molecule has 2 N–H and O–H groups in total. The average Bonchev–Trinajstić information content (AvgIpc) is 3.40. The van der Waals surface area contributed by atoms with E-state index in [-0.39, 0.29) is 5.91 Å². The maximum Gasteiger partial charge on any atom is 0.250 e. The van der Waals surface area contributed by atoms with Gasteiger partial charge in [-0.25, -0.2) is 0 Å². The number of nitrogens with zero attached hydrogens (tertiary/aromatic N) is 1. The summed E-state index contributed by atoms with van der Waals surface area (Å²) in [5.41, 5.74) is 5.03. The van der Waals surface area contributed by atoms with Crippen LogP contribution in [0.4, 0.5) is 11.4 Å². The smallest absolute Gasteiger partial charge is 0.250 e. The van der Waals surface area contributed by atoms with Gasteiger partial charge < -0.3 is 10.6 Å². The van der Waals surface area contributed by atoms with Gasteiger partial charge in [-0.05, 0) is 54.2 Å². The van der Waals surface area contributed by atoms with E-state index in [9.17, 15) is 4.79 Å². The van der Waals surface area contributed by atoms with Gasteiger partial charge in [-0.1, -0.05) is 18.2 Å². The number of hydrogen-bond acceptors (Lipinski definition) is 3. The van der Waals surface area contributed by atoms with Crippen molar-refractivity contribution in [3.63, 3.8) is 0 Å². The topological polar surface area (TPSA) is 64.9 Å². The molecule has 0 spiro atoms. The highest BCUT2D eigenvalue weighted by Gasteiger charge is 2.25. The second kappa shape index (κ2) is 5.29. The summed E-state index contributed by atoms with van der Waals surface area (Å²) in [5.74, 6) is 0.474. The number of hydrogen-bond donors (Lipinski definition) is 2. The molecule has 23 heavy (non-hydrogen) atoms. The molecule has 112 valence electrons. The number of amides is 1. The number of nitrogens with one attached hydrogen (secondary N) is 2. The second-order valence-corrected chi connectivity index (χ2v) is 5.94. The van der Waals surface area contributed by atoms with Crippen molar-refractivity contribution >= 4 is 23.0 Å². The molecule has 4 nitrogen and oxygen atoms in total. The first-order valence-electron chi connectivity index (χ1n) is 7.67. The third-order valence-electron chi connectivity index (χ3n) is 4.20. The standard InChI is InChI=1S/C19H15N3O/c20-11-12-2-1-3-15(8-12)17-10-19(23)22-18-9-14(13-4-5-13)6-7-16(18)21-17/h1-3,6-10,13,21H,4-5H2,(H,22,23). The molecule has 0 radical (unpaired) electrons. The minimum absolute atomic E-state index is 0.165. The first-order valence-corrected chi connectivity index (χ1v) is 7.67. The van der Waals surface area contributed by atoms with Crippen LogP contribution in [0, 0.1) is 11.3 Å². The van der Waals surface area contributed by atoms with Crippen molar-refractivity contribution in [1.29, 1.82) is 5.26 Å². The molecule has 1 fully saturated rings. The van der Waals surface area contributed by atoms with Crippen molar-refractivity contribution in [1.82, 2.24) is 0 Å². The Hall–Kier alpha value is -3.06. The van der Waals surface area contributed by atoms with Gasteiger partial charge in [0.15, 0.2) is 0 Å². The zero-order valence-electron chi connectivity index (χ0n) is 12.5. The van der Waals surface area contributed by atoms with Crippen molar-refractivity contribution in [3.05, 3.63) is 65.2 Å². The Morgan fingerprint density at radius 3 is 2.70 bits per heavy atom. The quantitative estimate of drug-likeness (QED) is 0.885. The highest BCUT2D eigenvalue weighted by atomic mass is 16.1. The summed E-state index contributed by atoms with van der Waals surface area (Å²) in [5, 5.41) is 15.3. The fraction of sp³-hybridized carbons (Fsp3) is 0.158. The molecule has 2 aliphatic rings. The predicted molar refractivity (Wildman–Crippen MR) is 89.8 cm³/mol. The molecule has 0 aromatic heterocycles. The SMILES string of the molecule is N#Cc1cccc(C2=CC(=O)Nc3cc(C4CC4)ccc3N2)c1. The number of carbonyl (C=O) groups is 1. The predicted octanol–water partition coefficient (Wildman–Crippen LogP) is 3.84. The van der Waals surface area contributed by atoms with Gasteiger partial charge in [0.25, 0.3) is 5.91 Å². The van der Waals surface area contributed by atoms with E-state index >= 15 is 0 Å². The van der Waals surface area contributed by atoms with Gasteiger partial charge >= 0.3 is 0 Å². The van der Waals surface area contributed by atoms with Crippen LogP contribution < -0.4 is 10.6 Å². The number of rotatable bonds is 2. The van der Waals surface area contributed by atoms with E-state index in [0.29, 0.717) is 17.2 Å². The Labute approximate surface area is 134 Å². The van der Waals surface area contributed by atoms with E-state index in [4.69, 9.17) is 5.26 Å². The second-order valence-electron chi connectivity index (χ2n) is 5.94. The zero-order chi connectivity index (χ0) is 15.8. The molecule has 0 unspecified atom stereocenters.